The Bertz CT molecular complexity index is 811. The zero-order valence-electron chi connectivity index (χ0n) is 18.0. The maximum Gasteiger partial charge on any atom is 0.408 e. The number of carbonyl (C=O) groups excluding carboxylic acids is 3. The molecule has 0 aliphatic rings. The van der Waals surface area contributed by atoms with E-state index in [2.05, 4.69) is 10.6 Å². The molecule has 1 unspecified atom stereocenters. The summed E-state index contributed by atoms with van der Waals surface area (Å²) >= 11 is 0. The minimum Gasteiger partial charge on any atom is -0.494 e. The lowest BCUT2D eigenvalue weighted by Crippen LogP contribution is -2.50. The van der Waals surface area contributed by atoms with Gasteiger partial charge in [0.25, 0.3) is 0 Å². The lowest BCUT2D eigenvalue weighted by atomic mass is 10.0. The van der Waals surface area contributed by atoms with Crippen molar-refractivity contribution in [3.8, 4) is 5.75 Å². The van der Waals surface area contributed by atoms with Gasteiger partial charge in [0.2, 0.25) is 5.91 Å². The lowest BCUT2D eigenvalue weighted by Gasteiger charge is -2.22. The zero-order valence-corrected chi connectivity index (χ0v) is 18.0. The predicted molar refractivity (Wildman–Crippen MR) is 118 cm³/mol. The quantitative estimate of drug-likeness (QED) is 0.507. The van der Waals surface area contributed by atoms with E-state index in [1.54, 1.807) is 0 Å². The molecular weight excluding hydrogens is 396 g/mol. The van der Waals surface area contributed by atoms with Crippen molar-refractivity contribution in [1.82, 2.24) is 10.6 Å². The number of benzene rings is 2. The topological polar surface area (TPSA) is 93.7 Å². The third-order valence-corrected chi connectivity index (χ3v) is 4.46. The van der Waals surface area contributed by atoms with Crippen LogP contribution in [0.4, 0.5) is 4.79 Å². The van der Waals surface area contributed by atoms with Crippen LogP contribution in [-0.4, -0.2) is 37.0 Å². The summed E-state index contributed by atoms with van der Waals surface area (Å²) in [6.45, 7) is 4.27. The van der Waals surface area contributed by atoms with Gasteiger partial charge in [-0.05, 0) is 30.0 Å². The van der Waals surface area contributed by atoms with Gasteiger partial charge in [0.1, 0.15) is 24.7 Å². The Hall–Kier alpha value is -3.35. The molecule has 2 aromatic carbocycles. The first-order valence-corrected chi connectivity index (χ1v) is 10.4. The number of aldehydes is 1. The molecule has 2 aromatic rings. The van der Waals surface area contributed by atoms with E-state index in [-0.39, 0.29) is 19.1 Å². The second kappa shape index (κ2) is 13.1. The van der Waals surface area contributed by atoms with Crippen molar-refractivity contribution in [1.29, 1.82) is 0 Å². The predicted octanol–water partition coefficient (Wildman–Crippen LogP) is 3.48. The van der Waals surface area contributed by atoms with Crippen LogP contribution >= 0.6 is 0 Å². The van der Waals surface area contributed by atoms with Crippen molar-refractivity contribution in [2.24, 2.45) is 5.92 Å². The van der Waals surface area contributed by atoms with E-state index in [0.717, 1.165) is 5.56 Å². The van der Waals surface area contributed by atoms with Crippen LogP contribution < -0.4 is 15.4 Å². The van der Waals surface area contributed by atoms with Crippen LogP contribution in [0.3, 0.4) is 0 Å². The van der Waals surface area contributed by atoms with Gasteiger partial charge in [0, 0.05) is 6.42 Å². The van der Waals surface area contributed by atoms with E-state index in [1.165, 1.54) is 0 Å². The molecule has 0 spiro atoms. The number of hydrogen-bond acceptors (Lipinski definition) is 5. The summed E-state index contributed by atoms with van der Waals surface area (Å²) in [6.07, 6.45) is 0.724. The number of alkyl carbamates (subject to hydrolysis) is 1. The van der Waals surface area contributed by atoms with Crippen molar-refractivity contribution in [3.05, 3.63) is 66.2 Å². The summed E-state index contributed by atoms with van der Waals surface area (Å²) in [7, 11) is 0. The molecule has 166 valence electrons. The Labute approximate surface area is 183 Å². The van der Waals surface area contributed by atoms with Crippen LogP contribution in [0, 0.1) is 5.92 Å². The van der Waals surface area contributed by atoms with E-state index in [9.17, 15) is 14.4 Å². The molecule has 2 N–H and O–H groups in total. The molecule has 7 nitrogen and oxygen atoms in total. The number of carbonyl (C=O) groups is 3. The van der Waals surface area contributed by atoms with Crippen LogP contribution in [0.1, 0.15) is 32.3 Å². The SMILES string of the molecule is CC(C)C[C@H](NC(=O)OCc1ccccc1)C(=O)NC(C=O)CCOc1ccccc1. The smallest absolute Gasteiger partial charge is 0.408 e. The van der Waals surface area contributed by atoms with Gasteiger partial charge >= 0.3 is 6.09 Å². The highest BCUT2D eigenvalue weighted by Crippen LogP contribution is 2.10. The molecule has 0 aromatic heterocycles. The Morgan fingerprint density at radius 3 is 2.23 bits per heavy atom. The van der Waals surface area contributed by atoms with Crippen molar-refractivity contribution in [3.63, 3.8) is 0 Å². The molecule has 0 fully saturated rings. The van der Waals surface area contributed by atoms with Gasteiger partial charge in [0.15, 0.2) is 0 Å². The Kier molecular flexibility index (Phi) is 10.1. The van der Waals surface area contributed by atoms with Gasteiger partial charge in [-0.1, -0.05) is 62.4 Å². The van der Waals surface area contributed by atoms with Gasteiger partial charge in [-0.25, -0.2) is 4.79 Å². The molecule has 0 saturated carbocycles. The molecule has 0 bridgehead atoms. The Balaban J connectivity index is 1.84. The molecule has 2 atom stereocenters. The maximum atomic E-state index is 12.7. The van der Waals surface area contributed by atoms with Crippen LogP contribution in [0.25, 0.3) is 0 Å². The van der Waals surface area contributed by atoms with Crippen LogP contribution in [-0.2, 0) is 20.9 Å². The van der Waals surface area contributed by atoms with Gasteiger partial charge in [-0.3, -0.25) is 4.79 Å². The fourth-order valence-corrected chi connectivity index (χ4v) is 2.89. The second-order valence-electron chi connectivity index (χ2n) is 7.59. The van der Waals surface area contributed by atoms with Crippen LogP contribution in [0.2, 0.25) is 0 Å². The monoisotopic (exact) mass is 426 g/mol. The van der Waals surface area contributed by atoms with E-state index in [1.807, 2.05) is 74.5 Å². The minimum absolute atomic E-state index is 0.108. The van der Waals surface area contributed by atoms with E-state index >= 15 is 0 Å². The average Bonchev–Trinajstić information content (AvgIpc) is 2.77. The molecule has 7 heteroatoms. The third-order valence-electron chi connectivity index (χ3n) is 4.46. The Morgan fingerprint density at radius 2 is 1.61 bits per heavy atom. The van der Waals surface area contributed by atoms with Crippen molar-refractivity contribution in [2.75, 3.05) is 6.61 Å². The Morgan fingerprint density at radius 1 is 0.968 bits per heavy atom. The number of rotatable bonds is 12. The maximum absolute atomic E-state index is 12.7. The molecule has 0 saturated heterocycles. The third kappa shape index (κ3) is 9.33. The molecular formula is C24H30N2O5. The first-order chi connectivity index (χ1) is 15.0. The highest BCUT2D eigenvalue weighted by Gasteiger charge is 2.24. The average molecular weight is 427 g/mol. The second-order valence-corrected chi connectivity index (χ2v) is 7.59. The summed E-state index contributed by atoms with van der Waals surface area (Å²) in [5, 5.41) is 5.29. The zero-order chi connectivity index (χ0) is 22.5. The highest BCUT2D eigenvalue weighted by molar-refractivity contribution is 5.87. The molecule has 0 aliphatic carbocycles. The fraction of sp³-hybridized carbons (Fsp3) is 0.375. The van der Waals surface area contributed by atoms with Crippen molar-refractivity contribution < 1.29 is 23.9 Å². The standard InChI is InChI=1S/C24H30N2O5/c1-18(2)15-22(26-24(29)31-17-19-9-5-3-6-10-19)23(28)25-20(16-27)13-14-30-21-11-7-4-8-12-21/h3-12,16,18,20,22H,13-15,17H2,1-2H3,(H,25,28)(H,26,29)/t20?,22-/m0/s1. The summed E-state index contributed by atoms with van der Waals surface area (Å²) in [4.78, 5) is 36.3. The lowest BCUT2D eigenvalue weighted by molar-refractivity contribution is -0.126. The largest absolute Gasteiger partial charge is 0.494 e. The molecule has 31 heavy (non-hydrogen) atoms. The number of para-hydroxylation sites is 1. The summed E-state index contributed by atoms with van der Waals surface area (Å²) < 4.78 is 10.8. The van der Waals surface area contributed by atoms with Crippen LogP contribution in [0.5, 0.6) is 5.75 Å². The van der Waals surface area contributed by atoms with Gasteiger partial charge in [0.05, 0.1) is 12.6 Å². The highest BCUT2D eigenvalue weighted by atomic mass is 16.5. The van der Waals surface area contributed by atoms with Gasteiger partial charge < -0.3 is 24.9 Å². The molecule has 2 rings (SSSR count). The van der Waals surface area contributed by atoms with Crippen molar-refractivity contribution >= 4 is 18.3 Å². The van der Waals surface area contributed by atoms with E-state index < -0.39 is 24.1 Å². The minimum atomic E-state index is -0.805. The molecule has 2 amide bonds. The number of ether oxygens (including phenoxy) is 2. The van der Waals surface area contributed by atoms with Crippen molar-refractivity contribution in [2.45, 2.75) is 45.4 Å². The molecule has 0 aliphatic heterocycles. The van der Waals surface area contributed by atoms with Gasteiger partial charge in [-0.15, -0.1) is 0 Å². The normalized spacial score (nSPS) is 12.5. The number of hydrogen-bond donors (Lipinski definition) is 2. The number of amides is 2. The summed E-state index contributed by atoms with van der Waals surface area (Å²) in [5.41, 5.74) is 0.849. The molecule has 0 heterocycles. The van der Waals surface area contributed by atoms with E-state index in [4.69, 9.17) is 9.47 Å². The molecule has 0 radical (unpaired) electrons. The first kappa shape index (κ1) is 23.9. The van der Waals surface area contributed by atoms with E-state index in [0.29, 0.717) is 24.9 Å². The summed E-state index contributed by atoms with van der Waals surface area (Å²) in [6, 6.07) is 17.0. The summed E-state index contributed by atoms with van der Waals surface area (Å²) in [5.74, 6) is 0.419. The number of nitrogens with one attached hydrogen (secondary N) is 2. The van der Waals surface area contributed by atoms with Crippen LogP contribution in [0.15, 0.2) is 60.7 Å². The fourth-order valence-electron chi connectivity index (χ4n) is 2.89. The van der Waals surface area contributed by atoms with Gasteiger partial charge in [-0.2, -0.15) is 0 Å². The first-order valence-electron chi connectivity index (χ1n) is 10.4.